The number of nitrogens with zero attached hydrogens (tertiary/aromatic N) is 1. The summed E-state index contributed by atoms with van der Waals surface area (Å²) in [5.74, 6) is 0. The number of hydrogen-bond donors (Lipinski definition) is 0. The molecule has 0 amide bonds. The Labute approximate surface area is 182 Å². The third-order valence-electron chi connectivity index (χ3n) is 4.66. The van der Waals surface area contributed by atoms with Crippen LogP contribution in [0.1, 0.15) is 11.1 Å². The summed E-state index contributed by atoms with van der Waals surface area (Å²) in [6, 6.07) is 38.4. The molecule has 0 heterocycles. The summed E-state index contributed by atoms with van der Waals surface area (Å²) < 4.78 is 1.10. The highest BCUT2D eigenvalue weighted by Gasteiger charge is 2.18. The van der Waals surface area contributed by atoms with Crippen molar-refractivity contribution in [3.05, 3.63) is 125 Å². The predicted molar refractivity (Wildman–Crippen MR) is 131 cm³/mol. The predicted octanol–water partition coefficient (Wildman–Crippen LogP) is 5.83. The largest absolute Gasteiger partial charge is 0.288 e. The van der Waals surface area contributed by atoms with Crippen LogP contribution in [0.2, 0.25) is 0 Å². The molecule has 0 aromatic heterocycles. The van der Waals surface area contributed by atoms with E-state index >= 15 is 0 Å². The standard InChI is InChI=1S/C26H21BrNP/c27-25-17-9-7-11-21(25)19-28-20-22-12-8-10-18-26(22)29(23-13-3-1-4-14-23)24-15-5-2-6-16-24/h1-18,20H,19H2. The fourth-order valence-corrected chi connectivity index (χ4v) is 6.08. The molecule has 0 spiro atoms. The molecule has 3 heteroatoms. The van der Waals surface area contributed by atoms with Crippen LogP contribution in [0.15, 0.2) is 119 Å². The molecule has 0 saturated heterocycles. The molecule has 0 aliphatic heterocycles. The Morgan fingerprint density at radius 2 is 1.21 bits per heavy atom. The SMILES string of the molecule is Brc1ccccc1CN=Cc1ccccc1P(c1ccccc1)c1ccccc1. The molecule has 0 atom stereocenters. The second-order valence-corrected chi connectivity index (χ2v) is 9.67. The van der Waals surface area contributed by atoms with Gasteiger partial charge < -0.3 is 0 Å². The number of benzene rings is 4. The van der Waals surface area contributed by atoms with Gasteiger partial charge in [0.1, 0.15) is 0 Å². The Kier molecular flexibility index (Phi) is 6.67. The van der Waals surface area contributed by atoms with Crippen LogP contribution >= 0.6 is 23.9 Å². The van der Waals surface area contributed by atoms with E-state index in [9.17, 15) is 0 Å². The topological polar surface area (TPSA) is 12.4 Å². The van der Waals surface area contributed by atoms with Crippen LogP contribution in [0, 0.1) is 0 Å². The van der Waals surface area contributed by atoms with Gasteiger partial charge >= 0.3 is 0 Å². The molecular weight excluding hydrogens is 437 g/mol. The summed E-state index contributed by atoms with van der Waals surface area (Å²) in [5.41, 5.74) is 2.37. The summed E-state index contributed by atoms with van der Waals surface area (Å²) in [6.45, 7) is 0.657. The summed E-state index contributed by atoms with van der Waals surface area (Å²) >= 11 is 3.61. The van der Waals surface area contributed by atoms with Gasteiger partial charge in [-0.1, -0.05) is 119 Å². The molecule has 0 saturated carbocycles. The monoisotopic (exact) mass is 457 g/mol. The minimum atomic E-state index is -0.644. The quantitative estimate of drug-likeness (QED) is 0.255. The van der Waals surface area contributed by atoms with Crippen molar-refractivity contribution in [1.29, 1.82) is 0 Å². The van der Waals surface area contributed by atoms with Gasteiger partial charge in [0.2, 0.25) is 0 Å². The normalized spacial score (nSPS) is 11.2. The van der Waals surface area contributed by atoms with Crippen LogP contribution in [0.4, 0.5) is 0 Å². The fourth-order valence-electron chi connectivity index (χ4n) is 3.25. The summed E-state index contributed by atoms with van der Waals surface area (Å²) in [7, 11) is -0.644. The van der Waals surface area contributed by atoms with E-state index in [4.69, 9.17) is 4.99 Å². The number of aliphatic imine (C=N–C) groups is 1. The molecule has 0 radical (unpaired) electrons. The van der Waals surface area contributed by atoms with Gasteiger partial charge in [0, 0.05) is 16.3 Å². The fraction of sp³-hybridized carbons (Fsp3) is 0.0385. The average molecular weight is 458 g/mol. The lowest BCUT2D eigenvalue weighted by Crippen LogP contribution is -2.23. The first-order chi connectivity index (χ1) is 14.3. The van der Waals surface area contributed by atoms with E-state index in [0.717, 1.165) is 4.47 Å². The molecule has 142 valence electrons. The molecule has 0 unspecified atom stereocenters. The molecule has 0 fully saturated rings. The lowest BCUT2D eigenvalue weighted by atomic mass is 10.2. The Hall–Kier alpha value is -2.54. The molecule has 0 N–H and O–H groups in total. The summed E-state index contributed by atoms with van der Waals surface area (Å²) in [4.78, 5) is 4.76. The van der Waals surface area contributed by atoms with Gasteiger partial charge in [0.05, 0.1) is 6.54 Å². The molecular formula is C26H21BrNP. The Bertz CT molecular complexity index is 1050. The second-order valence-electron chi connectivity index (χ2n) is 6.63. The minimum absolute atomic E-state index is 0.644. The van der Waals surface area contributed by atoms with Gasteiger partial charge in [-0.15, -0.1) is 0 Å². The molecule has 4 rings (SSSR count). The first kappa shape index (κ1) is 19.8. The Morgan fingerprint density at radius 3 is 1.86 bits per heavy atom. The molecule has 29 heavy (non-hydrogen) atoms. The van der Waals surface area contributed by atoms with Crippen molar-refractivity contribution >= 4 is 46.0 Å². The first-order valence-electron chi connectivity index (χ1n) is 9.55. The van der Waals surface area contributed by atoms with Crippen LogP contribution in [-0.4, -0.2) is 6.21 Å². The van der Waals surface area contributed by atoms with E-state index in [0.29, 0.717) is 6.54 Å². The molecule has 4 aromatic rings. The Morgan fingerprint density at radius 1 is 0.655 bits per heavy atom. The van der Waals surface area contributed by atoms with Crippen molar-refractivity contribution in [1.82, 2.24) is 0 Å². The van der Waals surface area contributed by atoms with E-state index in [2.05, 4.69) is 113 Å². The number of hydrogen-bond acceptors (Lipinski definition) is 1. The van der Waals surface area contributed by atoms with E-state index in [1.54, 1.807) is 0 Å². The van der Waals surface area contributed by atoms with Crippen LogP contribution < -0.4 is 15.9 Å². The highest BCUT2D eigenvalue weighted by Crippen LogP contribution is 2.33. The lowest BCUT2D eigenvalue weighted by Gasteiger charge is -2.21. The zero-order valence-electron chi connectivity index (χ0n) is 15.9. The first-order valence-corrected chi connectivity index (χ1v) is 11.7. The molecule has 0 bridgehead atoms. The van der Waals surface area contributed by atoms with E-state index in [1.807, 2.05) is 18.3 Å². The zero-order valence-corrected chi connectivity index (χ0v) is 18.4. The van der Waals surface area contributed by atoms with Gasteiger partial charge in [0.15, 0.2) is 0 Å². The maximum absolute atomic E-state index is 4.76. The van der Waals surface area contributed by atoms with Crippen molar-refractivity contribution in [3.8, 4) is 0 Å². The highest BCUT2D eigenvalue weighted by atomic mass is 79.9. The van der Waals surface area contributed by atoms with E-state index < -0.39 is 7.92 Å². The van der Waals surface area contributed by atoms with Crippen LogP contribution in [-0.2, 0) is 6.54 Å². The third kappa shape index (κ3) is 4.90. The zero-order chi connectivity index (χ0) is 19.9. The highest BCUT2D eigenvalue weighted by molar-refractivity contribution is 9.10. The average Bonchev–Trinajstić information content (AvgIpc) is 2.78. The van der Waals surface area contributed by atoms with Gasteiger partial charge in [-0.05, 0) is 35.5 Å². The molecule has 4 aromatic carbocycles. The number of halogens is 1. The second kappa shape index (κ2) is 9.78. The lowest BCUT2D eigenvalue weighted by molar-refractivity contribution is 1.07. The van der Waals surface area contributed by atoms with Crippen molar-refractivity contribution in [3.63, 3.8) is 0 Å². The minimum Gasteiger partial charge on any atom is -0.288 e. The van der Waals surface area contributed by atoms with Crippen molar-refractivity contribution in [2.24, 2.45) is 4.99 Å². The van der Waals surface area contributed by atoms with Crippen LogP contribution in [0.5, 0.6) is 0 Å². The third-order valence-corrected chi connectivity index (χ3v) is 7.95. The van der Waals surface area contributed by atoms with Crippen LogP contribution in [0.3, 0.4) is 0 Å². The number of rotatable bonds is 6. The van der Waals surface area contributed by atoms with Gasteiger partial charge in [-0.2, -0.15) is 0 Å². The van der Waals surface area contributed by atoms with Gasteiger partial charge in [0.25, 0.3) is 0 Å². The molecule has 1 nitrogen and oxygen atoms in total. The van der Waals surface area contributed by atoms with Gasteiger partial charge in [-0.25, -0.2) is 0 Å². The van der Waals surface area contributed by atoms with Crippen molar-refractivity contribution in [2.45, 2.75) is 6.54 Å². The van der Waals surface area contributed by atoms with Gasteiger partial charge in [-0.3, -0.25) is 4.99 Å². The maximum Gasteiger partial charge on any atom is 0.0650 e. The van der Waals surface area contributed by atoms with Crippen molar-refractivity contribution in [2.75, 3.05) is 0 Å². The smallest absolute Gasteiger partial charge is 0.0650 e. The summed E-state index contributed by atoms with van der Waals surface area (Å²) in [6.07, 6.45) is 2.02. The van der Waals surface area contributed by atoms with Crippen molar-refractivity contribution < 1.29 is 0 Å². The van der Waals surface area contributed by atoms with E-state index in [-0.39, 0.29) is 0 Å². The van der Waals surface area contributed by atoms with E-state index in [1.165, 1.54) is 27.0 Å². The molecule has 0 aliphatic rings. The maximum atomic E-state index is 4.76. The summed E-state index contributed by atoms with van der Waals surface area (Å²) in [5, 5.41) is 4.02. The molecule has 0 aliphatic carbocycles. The van der Waals surface area contributed by atoms with Crippen LogP contribution in [0.25, 0.3) is 0 Å². The Balaban J connectivity index is 1.71.